The number of nitrogens with zero attached hydrogens (tertiary/aromatic N) is 2. The number of benzene rings is 2. The van der Waals surface area contributed by atoms with E-state index in [4.69, 9.17) is 4.42 Å². The van der Waals surface area contributed by atoms with Gasteiger partial charge in [-0.1, -0.05) is 44.2 Å². The Morgan fingerprint density at radius 1 is 1.05 bits per heavy atom. The van der Waals surface area contributed by atoms with Crippen molar-refractivity contribution in [3.8, 4) is 22.8 Å². The van der Waals surface area contributed by atoms with Crippen molar-refractivity contribution < 1.29 is 14.0 Å². The number of carbonyl (C=O) groups excluding carboxylic acids is 2. The molecule has 8 heteroatoms. The molecule has 1 aliphatic heterocycles. The topological polar surface area (TPSA) is 103 Å². The van der Waals surface area contributed by atoms with Gasteiger partial charge in [-0.05, 0) is 63.7 Å². The number of anilines is 1. The Bertz CT molecular complexity index is 1590. The van der Waals surface area contributed by atoms with E-state index in [0.29, 0.717) is 35.0 Å². The van der Waals surface area contributed by atoms with Gasteiger partial charge < -0.3 is 24.9 Å². The molecule has 2 aromatic carbocycles. The average molecular weight is 538 g/mol. The summed E-state index contributed by atoms with van der Waals surface area (Å²) in [6, 6.07) is 15.5. The Labute approximate surface area is 234 Å². The maximum atomic E-state index is 13.0. The molecule has 0 radical (unpaired) electrons. The number of fused-ring (bicyclic) bond motifs is 1. The van der Waals surface area contributed by atoms with Crippen molar-refractivity contribution in [1.29, 1.82) is 0 Å². The molecule has 2 aromatic heterocycles. The summed E-state index contributed by atoms with van der Waals surface area (Å²) in [5.41, 5.74) is 7.52. The maximum absolute atomic E-state index is 13.0. The number of hydrogen-bond acceptors (Lipinski definition) is 5. The predicted octanol–water partition coefficient (Wildman–Crippen LogP) is 5.83. The lowest BCUT2D eigenvalue weighted by molar-refractivity contribution is -0.110. The molecule has 0 spiro atoms. The van der Waals surface area contributed by atoms with Gasteiger partial charge in [0.2, 0.25) is 5.89 Å². The van der Waals surface area contributed by atoms with Gasteiger partial charge in [0.05, 0.1) is 16.8 Å². The number of aryl methyl sites for hydroxylation is 2. The van der Waals surface area contributed by atoms with Gasteiger partial charge in [0, 0.05) is 46.9 Å². The summed E-state index contributed by atoms with van der Waals surface area (Å²) in [6.45, 7) is 13.2. The first-order chi connectivity index (χ1) is 19.3. The molecule has 40 heavy (non-hydrogen) atoms. The van der Waals surface area contributed by atoms with Gasteiger partial charge in [-0.3, -0.25) is 9.59 Å². The minimum absolute atomic E-state index is 0.110. The fraction of sp³-hybridized carbons (Fsp3) is 0.281. The van der Waals surface area contributed by atoms with Crippen LogP contribution >= 0.6 is 0 Å². The SMILES string of the molecule is CCN(CC)CCNC(=O)c1c(C)[nH]c(/C=C2\C(=O)Nc3cc(-c4oc(-c5ccccc5)nc4C)ccc32)c1C. The second kappa shape index (κ2) is 11.4. The lowest BCUT2D eigenvalue weighted by atomic mass is 10.0. The Balaban J connectivity index is 1.39. The van der Waals surface area contributed by atoms with E-state index < -0.39 is 0 Å². The van der Waals surface area contributed by atoms with Gasteiger partial charge >= 0.3 is 0 Å². The van der Waals surface area contributed by atoms with Crippen LogP contribution in [0.3, 0.4) is 0 Å². The molecule has 1 aliphatic rings. The molecule has 4 aromatic rings. The van der Waals surface area contributed by atoms with E-state index in [1.165, 1.54) is 0 Å². The van der Waals surface area contributed by atoms with Gasteiger partial charge in [-0.25, -0.2) is 4.98 Å². The van der Waals surface area contributed by atoms with Crippen molar-refractivity contribution in [2.75, 3.05) is 31.5 Å². The normalized spacial score (nSPS) is 13.7. The first-order valence-electron chi connectivity index (χ1n) is 13.7. The zero-order valence-corrected chi connectivity index (χ0v) is 23.6. The molecule has 0 saturated carbocycles. The Kier molecular flexibility index (Phi) is 7.71. The van der Waals surface area contributed by atoms with Crippen LogP contribution in [-0.4, -0.2) is 52.9 Å². The van der Waals surface area contributed by atoms with E-state index in [0.717, 1.165) is 59.0 Å². The van der Waals surface area contributed by atoms with Crippen molar-refractivity contribution in [2.45, 2.75) is 34.6 Å². The number of nitrogens with one attached hydrogen (secondary N) is 3. The van der Waals surface area contributed by atoms with Crippen molar-refractivity contribution in [2.24, 2.45) is 0 Å². The Morgan fingerprint density at radius 3 is 2.52 bits per heavy atom. The van der Waals surface area contributed by atoms with E-state index in [1.807, 2.05) is 75.4 Å². The third kappa shape index (κ3) is 5.22. The first kappa shape index (κ1) is 27.1. The van der Waals surface area contributed by atoms with Crippen LogP contribution in [0.15, 0.2) is 52.9 Å². The highest BCUT2D eigenvalue weighted by molar-refractivity contribution is 6.35. The second-order valence-corrected chi connectivity index (χ2v) is 10.0. The van der Waals surface area contributed by atoms with Crippen LogP contribution in [0.25, 0.3) is 34.4 Å². The molecule has 0 unspecified atom stereocenters. The summed E-state index contributed by atoms with van der Waals surface area (Å²) in [4.78, 5) is 36.2. The minimum atomic E-state index is -0.191. The largest absolute Gasteiger partial charge is 0.436 e. The van der Waals surface area contributed by atoms with Gasteiger partial charge in [-0.2, -0.15) is 0 Å². The predicted molar refractivity (Wildman–Crippen MR) is 159 cm³/mol. The summed E-state index contributed by atoms with van der Waals surface area (Å²) in [6.07, 6.45) is 1.82. The first-order valence-corrected chi connectivity index (χ1v) is 13.7. The van der Waals surface area contributed by atoms with Crippen LogP contribution in [0, 0.1) is 20.8 Å². The second-order valence-electron chi connectivity index (χ2n) is 10.0. The summed E-state index contributed by atoms with van der Waals surface area (Å²) < 4.78 is 6.12. The van der Waals surface area contributed by atoms with Crippen molar-refractivity contribution >= 4 is 29.2 Å². The number of H-pyrrole nitrogens is 1. The Morgan fingerprint density at radius 2 is 1.80 bits per heavy atom. The summed E-state index contributed by atoms with van der Waals surface area (Å²) in [5.74, 6) is 0.925. The van der Waals surface area contributed by atoms with Crippen LogP contribution in [0.5, 0.6) is 0 Å². The molecule has 0 atom stereocenters. The number of carbonyl (C=O) groups is 2. The monoisotopic (exact) mass is 537 g/mol. The molecule has 0 saturated heterocycles. The highest BCUT2D eigenvalue weighted by Crippen LogP contribution is 2.38. The van der Waals surface area contributed by atoms with Crippen molar-refractivity contribution in [3.63, 3.8) is 0 Å². The van der Waals surface area contributed by atoms with Gasteiger partial charge in [-0.15, -0.1) is 0 Å². The molecule has 0 fully saturated rings. The van der Waals surface area contributed by atoms with Gasteiger partial charge in [0.25, 0.3) is 11.8 Å². The average Bonchev–Trinajstić information content (AvgIpc) is 3.58. The fourth-order valence-corrected chi connectivity index (χ4v) is 5.21. The summed E-state index contributed by atoms with van der Waals surface area (Å²) in [7, 11) is 0. The summed E-state index contributed by atoms with van der Waals surface area (Å²) in [5, 5.41) is 6.02. The lowest BCUT2D eigenvalue weighted by Gasteiger charge is -2.18. The van der Waals surface area contributed by atoms with E-state index in [1.54, 1.807) is 0 Å². The standard InChI is InChI=1S/C32H35N5O3/c1-6-37(7-2)16-15-33-31(39)28-19(3)26(34-20(28)4)18-25-24-14-13-23(17-27(24)36-30(25)38)29-21(5)35-32(40-29)22-11-9-8-10-12-22/h8-14,17-18,34H,6-7,15-16H2,1-5H3,(H,33,39)(H,36,38)/b25-18-. The van der Waals surface area contributed by atoms with Gasteiger partial charge in [0.1, 0.15) is 0 Å². The third-order valence-electron chi connectivity index (χ3n) is 7.48. The zero-order valence-electron chi connectivity index (χ0n) is 23.6. The van der Waals surface area contributed by atoms with Crippen LogP contribution in [0.4, 0.5) is 5.69 Å². The van der Waals surface area contributed by atoms with E-state index in [2.05, 4.69) is 39.3 Å². The van der Waals surface area contributed by atoms with E-state index in [9.17, 15) is 9.59 Å². The molecule has 8 nitrogen and oxygen atoms in total. The minimum Gasteiger partial charge on any atom is -0.436 e. The smallest absolute Gasteiger partial charge is 0.256 e. The van der Waals surface area contributed by atoms with Crippen molar-refractivity contribution in [3.05, 3.63) is 82.3 Å². The van der Waals surface area contributed by atoms with Crippen LogP contribution in [0.1, 0.15) is 52.4 Å². The number of amides is 2. The number of likely N-dealkylation sites (N-methyl/N-ethyl adjacent to an activating group) is 1. The zero-order chi connectivity index (χ0) is 28.4. The molecule has 5 rings (SSSR count). The highest BCUT2D eigenvalue weighted by Gasteiger charge is 2.27. The molecular formula is C32H35N5O3. The molecule has 0 aliphatic carbocycles. The highest BCUT2D eigenvalue weighted by atomic mass is 16.4. The van der Waals surface area contributed by atoms with Crippen LogP contribution < -0.4 is 10.6 Å². The Hall–Kier alpha value is -4.43. The molecule has 3 heterocycles. The van der Waals surface area contributed by atoms with Crippen LogP contribution in [-0.2, 0) is 4.79 Å². The molecule has 2 amide bonds. The lowest BCUT2D eigenvalue weighted by Crippen LogP contribution is -2.35. The molecule has 206 valence electrons. The number of hydrogen-bond donors (Lipinski definition) is 3. The number of aromatic amines is 1. The maximum Gasteiger partial charge on any atom is 0.256 e. The number of aromatic nitrogens is 2. The number of oxazole rings is 1. The fourth-order valence-electron chi connectivity index (χ4n) is 5.21. The summed E-state index contributed by atoms with van der Waals surface area (Å²) >= 11 is 0. The van der Waals surface area contributed by atoms with E-state index >= 15 is 0 Å². The van der Waals surface area contributed by atoms with Crippen molar-refractivity contribution in [1.82, 2.24) is 20.2 Å². The molecule has 0 bridgehead atoms. The number of rotatable bonds is 9. The molecule has 3 N–H and O–H groups in total. The van der Waals surface area contributed by atoms with Gasteiger partial charge in [0.15, 0.2) is 5.76 Å². The third-order valence-corrected chi connectivity index (χ3v) is 7.48. The molecular weight excluding hydrogens is 502 g/mol. The van der Waals surface area contributed by atoms with E-state index in [-0.39, 0.29) is 11.8 Å². The quantitative estimate of drug-likeness (QED) is 0.233. The van der Waals surface area contributed by atoms with Crippen LogP contribution in [0.2, 0.25) is 0 Å².